The molecule has 0 fully saturated rings. The molecule has 1 nitrogen and oxygen atoms in total. The van der Waals surface area contributed by atoms with Crippen molar-refractivity contribution in [2.24, 2.45) is 0 Å². The topological polar surface area (TPSA) is 3.88 Å². The molecular formula is C19H17ClN+. The number of nitrogens with zero attached hydrogens (tertiary/aromatic N) is 1. The monoisotopic (exact) mass is 294 g/mol. The SMILES string of the molecule is Clc1cccc(C[n+]2ccc(Cc3ccccc3)cc2)c1. The molecule has 0 N–H and O–H groups in total. The number of halogens is 1. The first-order chi connectivity index (χ1) is 10.3. The first-order valence-electron chi connectivity index (χ1n) is 7.06. The van der Waals surface area contributed by atoms with Gasteiger partial charge in [0.15, 0.2) is 18.9 Å². The zero-order chi connectivity index (χ0) is 14.5. The zero-order valence-corrected chi connectivity index (χ0v) is 12.5. The van der Waals surface area contributed by atoms with Crippen LogP contribution < -0.4 is 4.57 Å². The van der Waals surface area contributed by atoms with Crippen LogP contribution in [0, 0.1) is 0 Å². The molecule has 0 radical (unpaired) electrons. The van der Waals surface area contributed by atoms with E-state index in [4.69, 9.17) is 11.6 Å². The molecule has 0 atom stereocenters. The molecule has 1 heterocycles. The van der Waals surface area contributed by atoms with Crippen LogP contribution in [0.5, 0.6) is 0 Å². The second kappa shape index (κ2) is 6.55. The molecule has 0 saturated carbocycles. The summed E-state index contributed by atoms with van der Waals surface area (Å²) in [6.45, 7) is 0.839. The highest BCUT2D eigenvalue weighted by Gasteiger charge is 2.04. The van der Waals surface area contributed by atoms with Crippen LogP contribution in [-0.2, 0) is 13.0 Å². The summed E-state index contributed by atoms with van der Waals surface area (Å²) < 4.78 is 2.17. The van der Waals surface area contributed by atoms with Crippen LogP contribution in [0.25, 0.3) is 0 Å². The van der Waals surface area contributed by atoms with E-state index in [-0.39, 0.29) is 0 Å². The Labute approximate surface area is 130 Å². The van der Waals surface area contributed by atoms with Gasteiger partial charge in [-0.2, -0.15) is 0 Å². The van der Waals surface area contributed by atoms with Gasteiger partial charge in [0.05, 0.1) is 0 Å². The normalized spacial score (nSPS) is 10.5. The van der Waals surface area contributed by atoms with Gasteiger partial charge in [0, 0.05) is 22.7 Å². The van der Waals surface area contributed by atoms with Crippen molar-refractivity contribution in [3.8, 4) is 0 Å². The zero-order valence-electron chi connectivity index (χ0n) is 11.7. The molecule has 0 unspecified atom stereocenters. The number of hydrogen-bond donors (Lipinski definition) is 0. The van der Waals surface area contributed by atoms with E-state index >= 15 is 0 Å². The van der Waals surface area contributed by atoms with Gasteiger partial charge in [0.1, 0.15) is 0 Å². The highest BCUT2D eigenvalue weighted by molar-refractivity contribution is 6.30. The summed E-state index contributed by atoms with van der Waals surface area (Å²) in [5.74, 6) is 0. The molecule has 0 aliphatic heterocycles. The van der Waals surface area contributed by atoms with Crippen molar-refractivity contribution in [3.05, 3.63) is 101 Å². The lowest BCUT2D eigenvalue weighted by Crippen LogP contribution is -2.33. The third kappa shape index (κ3) is 3.93. The van der Waals surface area contributed by atoms with Crippen LogP contribution in [0.4, 0.5) is 0 Å². The molecule has 3 aromatic rings. The van der Waals surface area contributed by atoms with E-state index < -0.39 is 0 Å². The van der Waals surface area contributed by atoms with E-state index in [1.54, 1.807) is 0 Å². The van der Waals surface area contributed by atoms with Crippen molar-refractivity contribution in [1.29, 1.82) is 0 Å². The van der Waals surface area contributed by atoms with E-state index in [9.17, 15) is 0 Å². The fraction of sp³-hybridized carbons (Fsp3) is 0.105. The number of rotatable bonds is 4. The Hall–Kier alpha value is -2.12. The molecular weight excluding hydrogens is 278 g/mol. The Morgan fingerprint density at radius 1 is 0.714 bits per heavy atom. The van der Waals surface area contributed by atoms with Crippen molar-refractivity contribution >= 4 is 11.6 Å². The van der Waals surface area contributed by atoms with Gasteiger partial charge < -0.3 is 0 Å². The largest absolute Gasteiger partial charge is 0.201 e. The minimum absolute atomic E-state index is 0.786. The second-order valence-corrected chi connectivity index (χ2v) is 5.61. The van der Waals surface area contributed by atoms with Gasteiger partial charge in [-0.25, -0.2) is 4.57 Å². The van der Waals surface area contributed by atoms with Crippen LogP contribution in [0.15, 0.2) is 79.1 Å². The lowest BCUT2D eigenvalue weighted by atomic mass is 10.1. The third-order valence-corrected chi connectivity index (χ3v) is 3.70. The van der Waals surface area contributed by atoms with Crippen molar-refractivity contribution in [1.82, 2.24) is 0 Å². The number of benzene rings is 2. The molecule has 0 saturated heterocycles. The van der Waals surface area contributed by atoms with Gasteiger partial charge in [-0.05, 0) is 29.7 Å². The maximum Gasteiger partial charge on any atom is 0.173 e. The molecule has 2 heteroatoms. The third-order valence-electron chi connectivity index (χ3n) is 3.47. The van der Waals surface area contributed by atoms with E-state index in [1.165, 1.54) is 16.7 Å². The van der Waals surface area contributed by atoms with Crippen LogP contribution in [0.2, 0.25) is 5.02 Å². The molecule has 104 valence electrons. The van der Waals surface area contributed by atoms with Gasteiger partial charge in [-0.15, -0.1) is 0 Å². The smallest absolute Gasteiger partial charge is 0.173 e. The molecule has 0 amide bonds. The van der Waals surface area contributed by atoms with E-state index in [0.717, 1.165) is 18.0 Å². The molecule has 3 rings (SSSR count). The van der Waals surface area contributed by atoms with Gasteiger partial charge in [0.2, 0.25) is 0 Å². The standard InChI is InChI=1S/C19H17ClN/c20-19-8-4-7-18(14-19)15-21-11-9-17(10-12-21)13-16-5-2-1-3-6-16/h1-12,14H,13,15H2/q+1. The van der Waals surface area contributed by atoms with Gasteiger partial charge >= 0.3 is 0 Å². The van der Waals surface area contributed by atoms with E-state index in [0.29, 0.717) is 0 Å². The Morgan fingerprint density at radius 3 is 2.10 bits per heavy atom. The van der Waals surface area contributed by atoms with Crippen molar-refractivity contribution in [3.63, 3.8) is 0 Å². The fourth-order valence-electron chi connectivity index (χ4n) is 2.39. The molecule has 0 aliphatic carbocycles. The predicted molar refractivity (Wildman–Crippen MR) is 86.4 cm³/mol. The lowest BCUT2D eigenvalue weighted by Gasteiger charge is -2.02. The molecule has 1 aromatic heterocycles. The van der Waals surface area contributed by atoms with Crippen molar-refractivity contribution < 1.29 is 4.57 Å². The summed E-state index contributed by atoms with van der Waals surface area (Å²) >= 11 is 6.02. The van der Waals surface area contributed by atoms with Crippen LogP contribution in [-0.4, -0.2) is 0 Å². The summed E-state index contributed by atoms with van der Waals surface area (Å²) in [6.07, 6.45) is 5.22. The number of aromatic nitrogens is 1. The Bertz CT molecular complexity index is 705. The molecule has 21 heavy (non-hydrogen) atoms. The molecule has 0 bridgehead atoms. The molecule has 0 aliphatic rings. The number of pyridine rings is 1. The summed E-state index contributed by atoms with van der Waals surface area (Å²) in [4.78, 5) is 0. The van der Waals surface area contributed by atoms with Crippen molar-refractivity contribution in [2.75, 3.05) is 0 Å². The molecule has 0 spiro atoms. The maximum absolute atomic E-state index is 6.02. The Kier molecular flexibility index (Phi) is 4.32. The summed E-state index contributed by atoms with van der Waals surface area (Å²) in [5, 5.41) is 0.786. The minimum Gasteiger partial charge on any atom is -0.201 e. The fourth-order valence-corrected chi connectivity index (χ4v) is 2.60. The van der Waals surface area contributed by atoms with Crippen LogP contribution in [0.3, 0.4) is 0 Å². The highest BCUT2D eigenvalue weighted by Crippen LogP contribution is 2.11. The number of hydrogen-bond acceptors (Lipinski definition) is 0. The first kappa shape index (κ1) is 13.8. The predicted octanol–water partition coefficient (Wildman–Crippen LogP) is 4.27. The van der Waals surface area contributed by atoms with Crippen LogP contribution >= 0.6 is 11.6 Å². The Balaban J connectivity index is 1.69. The average Bonchev–Trinajstić information content (AvgIpc) is 2.50. The van der Waals surface area contributed by atoms with Gasteiger partial charge in [-0.1, -0.05) is 54.1 Å². The van der Waals surface area contributed by atoms with E-state index in [2.05, 4.69) is 59.4 Å². The average molecular weight is 295 g/mol. The van der Waals surface area contributed by atoms with Crippen LogP contribution in [0.1, 0.15) is 16.7 Å². The van der Waals surface area contributed by atoms with Gasteiger partial charge in [-0.3, -0.25) is 0 Å². The minimum atomic E-state index is 0.786. The summed E-state index contributed by atoms with van der Waals surface area (Å²) in [5.41, 5.74) is 3.87. The highest BCUT2D eigenvalue weighted by atomic mass is 35.5. The van der Waals surface area contributed by atoms with Gasteiger partial charge in [0.25, 0.3) is 0 Å². The molecule has 2 aromatic carbocycles. The first-order valence-corrected chi connectivity index (χ1v) is 7.44. The Morgan fingerprint density at radius 2 is 1.38 bits per heavy atom. The lowest BCUT2D eigenvalue weighted by molar-refractivity contribution is -0.688. The van der Waals surface area contributed by atoms with Crippen molar-refractivity contribution in [2.45, 2.75) is 13.0 Å². The summed E-state index contributed by atoms with van der Waals surface area (Å²) in [7, 11) is 0. The quantitative estimate of drug-likeness (QED) is 0.633. The summed E-state index contributed by atoms with van der Waals surface area (Å²) in [6, 6.07) is 22.9. The second-order valence-electron chi connectivity index (χ2n) is 5.17. The van der Waals surface area contributed by atoms with E-state index in [1.807, 2.05) is 24.3 Å². The maximum atomic E-state index is 6.02.